The molecule has 0 fully saturated rings. The Bertz CT molecular complexity index is 677. The van der Waals surface area contributed by atoms with Gasteiger partial charge in [-0.3, -0.25) is 0 Å². The number of alkyl halides is 3. The molecule has 0 atom stereocenters. The van der Waals surface area contributed by atoms with Gasteiger partial charge in [-0.2, -0.15) is 13.2 Å². The Balaban J connectivity index is 0.00000242. The number of halogens is 4. The van der Waals surface area contributed by atoms with Gasteiger partial charge < -0.3 is 14.4 Å². The molecule has 1 aromatic heterocycles. The van der Waals surface area contributed by atoms with Crippen molar-refractivity contribution in [3.8, 4) is 17.1 Å². The third-order valence-electron chi connectivity index (χ3n) is 2.95. The molecule has 0 aliphatic carbocycles. The van der Waals surface area contributed by atoms with E-state index in [1.165, 1.54) is 20.2 Å². The summed E-state index contributed by atoms with van der Waals surface area (Å²) >= 11 is 0. The van der Waals surface area contributed by atoms with E-state index >= 15 is 0 Å². The first kappa shape index (κ1) is 22.0. The van der Waals surface area contributed by atoms with Crippen LogP contribution in [0, 0.1) is 5.82 Å². The fraction of sp³-hybridized carbons (Fsp3) is 0.308. The number of ether oxygens (including phenoxy) is 1. The summed E-state index contributed by atoms with van der Waals surface area (Å²) in [6, 6.07) is 2.22. The molecule has 0 aliphatic rings. The van der Waals surface area contributed by atoms with E-state index in [-0.39, 0.29) is 60.7 Å². The van der Waals surface area contributed by atoms with Crippen LogP contribution in [0.3, 0.4) is 0 Å². The molecule has 0 saturated carbocycles. The van der Waals surface area contributed by atoms with Crippen molar-refractivity contribution in [2.45, 2.75) is 12.8 Å². The van der Waals surface area contributed by atoms with Crippen LogP contribution >= 0.6 is 0 Å². The van der Waals surface area contributed by atoms with E-state index in [9.17, 15) is 17.6 Å². The number of aryl methyl sites for hydroxylation is 1. The zero-order valence-electron chi connectivity index (χ0n) is 12.2. The number of nitrogens with zero attached hydrogens (tertiary/aromatic N) is 2. The molecular formula is C13H16BF4N2NaO2. The molecular weight excluding hydrogens is 326 g/mol. The number of hydrogen-bond acceptors (Lipinski definition) is 3. The number of aliphatic hydroxyl groups is 1. The van der Waals surface area contributed by atoms with E-state index in [0.29, 0.717) is 0 Å². The molecule has 10 heteroatoms. The second-order valence-corrected chi connectivity index (χ2v) is 4.36. The second-order valence-electron chi connectivity index (χ2n) is 4.36. The van der Waals surface area contributed by atoms with Crippen molar-refractivity contribution in [2.75, 3.05) is 7.11 Å². The molecule has 2 rings (SSSR count). The molecule has 0 aliphatic heterocycles. The smallest absolute Gasteiger partial charge is 0.496 e. The van der Waals surface area contributed by atoms with Crippen LogP contribution in [-0.2, 0) is 19.8 Å². The van der Waals surface area contributed by atoms with E-state index in [1.807, 2.05) is 0 Å². The summed E-state index contributed by atoms with van der Waals surface area (Å²) in [7, 11) is 2.65. The van der Waals surface area contributed by atoms with Crippen molar-refractivity contribution in [3.05, 3.63) is 35.4 Å². The van der Waals surface area contributed by atoms with Gasteiger partial charge in [0.2, 0.25) is 0 Å². The zero-order valence-corrected chi connectivity index (χ0v) is 14.2. The zero-order chi connectivity index (χ0) is 15.8. The standard InChI is InChI=1S/C13H12F4N2O2.BH4.Na/c1-19-5-11(13(15,16)17)18-12(19)8-4-10(21-2)7(6-20)3-9(8)14;;/h3-5,20H,6H2,1-2H3;1H4;/q;-1;+1. The maximum atomic E-state index is 14.0. The minimum absolute atomic E-state index is 0. The first-order valence-electron chi connectivity index (χ1n) is 5.86. The number of rotatable bonds is 3. The van der Waals surface area contributed by atoms with Gasteiger partial charge in [0.15, 0.2) is 5.69 Å². The Hall–Kier alpha value is -1.03. The summed E-state index contributed by atoms with van der Waals surface area (Å²) < 4.78 is 58.0. The maximum absolute atomic E-state index is 14.0. The molecule has 0 spiro atoms. The number of aromatic nitrogens is 2. The fourth-order valence-electron chi connectivity index (χ4n) is 1.93. The summed E-state index contributed by atoms with van der Waals surface area (Å²) in [6.45, 7) is -0.450. The Morgan fingerprint density at radius 2 is 1.91 bits per heavy atom. The van der Waals surface area contributed by atoms with Crippen LogP contribution in [0.2, 0.25) is 0 Å². The normalized spacial score (nSPS) is 10.7. The van der Waals surface area contributed by atoms with Crippen molar-refractivity contribution in [1.82, 2.24) is 9.55 Å². The van der Waals surface area contributed by atoms with Gasteiger partial charge in [0.1, 0.15) is 17.4 Å². The van der Waals surface area contributed by atoms with Gasteiger partial charge in [-0.15, -0.1) is 0 Å². The number of imidazole rings is 1. The Kier molecular flexibility index (Phi) is 7.82. The first-order chi connectivity index (χ1) is 9.77. The third-order valence-corrected chi connectivity index (χ3v) is 2.95. The Labute approximate surface area is 154 Å². The van der Waals surface area contributed by atoms with Crippen LogP contribution in [0.5, 0.6) is 5.75 Å². The van der Waals surface area contributed by atoms with Gasteiger partial charge in [0, 0.05) is 18.8 Å². The van der Waals surface area contributed by atoms with Crippen LogP contribution in [0.15, 0.2) is 18.3 Å². The molecule has 0 saturated heterocycles. The van der Waals surface area contributed by atoms with Crippen molar-refractivity contribution in [1.29, 1.82) is 0 Å². The molecule has 1 heterocycles. The second kappa shape index (κ2) is 8.19. The van der Waals surface area contributed by atoms with Crippen molar-refractivity contribution >= 4 is 8.41 Å². The summed E-state index contributed by atoms with van der Waals surface area (Å²) in [4.78, 5) is 3.42. The maximum Gasteiger partial charge on any atom is 1.00 e. The van der Waals surface area contributed by atoms with E-state index in [1.54, 1.807) is 0 Å². The topological polar surface area (TPSA) is 47.3 Å². The number of hydrogen-bond donors (Lipinski definition) is 1. The minimum atomic E-state index is -4.61. The van der Waals surface area contributed by atoms with E-state index in [2.05, 4.69) is 4.98 Å². The largest absolute Gasteiger partial charge is 1.00 e. The predicted molar refractivity (Wildman–Crippen MR) is 77.4 cm³/mol. The van der Waals surface area contributed by atoms with Crippen LogP contribution in [0.25, 0.3) is 11.4 Å². The quantitative estimate of drug-likeness (QED) is 0.534. The SMILES string of the molecule is COc1cc(-c2nc(C(F)(F)F)cn2C)c(F)cc1CO.[BH4-].[Na+]. The molecule has 1 aromatic carbocycles. The van der Waals surface area contributed by atoms with Crippen molar-refractivity contribution < 1.29 is 57.0 Å². The Morgan fingerprint density at radius 1 is 1.30 bits per heavy atom. The van der Waals surface area contributed by atoms with Gasteiger partial charge in [-0.05, 0) is 12.1 Å². The molecule has 2 aromatic rings. The van der Waals surface area contributed by atoms with Gasteiger partial charge in [-0.25, -0.2) is 9.37 Å². The van der Waals surface area contributed by atoms with Gasteiger partial charge in [-0.1, -0.05) is 8.41 Å². The Morgan fingerprint density at radius 3 is 2.35 bits per heavy atom. The van der Waals surface area contributed by atoms with Crippen LogP contribution in [-0.4, -0.2) is 30.2 Å². The summed E-state index contributed by atoms with van der Waals surface area (Å²) in [5.74, 6) is -0.796. The monoisotopic (exact) mass is 342 g/mol. The molecule has 1 N–H and O–H groups in total. The van der Waals surface area contributed by atoms with Crippen LogP contribution in [0.1, 0.15) is 11.3 Å². The average molecular weight is 342 g/mol. The molecule has 0 bridgehead atoms. The van der Waals surface area contributed by atoms with E-state index < -0.39 is 24.3 Å². The van der Waals surface area contributed by atoms with Gasteiger partial charge in [0.25, 0.3) is 0 Å². The van der Waals surface area contributed by atoms with Gasteiger partial charge in [0.05, 0.1) is 19.3 Å². The van der Waals surface area contributed by atoms with E-state index in [4.69, 9.17) is 9.84 Å². The molecule has 0 radical (unpaired) electrons. The van der Waals surface area contributed by atoms with Crippen LogP contribution < -0.4 is 34.3 Å². The van der Waals surface area contributed by atoms with E-state index in [0.717, 1.165) is 16.8 Å². The van der Waals surface area contributed by atoms with Crippen molar-refractivity contribution in [2.24, 2.45) is 7.05 Å². The minimum Gasteiger partial charge on any atom is -0.496 e. The summed E-state index contributed by atoms with van der Waals surface area (Å²) in [5, 5.41) is 9.08. The molecule has 0 amide bonds. The molecule has 122 valence electrons. The first-order valence-corrected chi connectivity index (χ1v) is 5.86. The third kappa shape index (κ3) is 4.50. The molecule has 4 nitrogen and oxygen atoms in total. The number of methoxy groups -OCH3 is 1. The van der Waals surface area contributed by atoms with Crippen molar-refractivity contribution in [3.63, 3.8) is 0 Å². The predicted octanol–water partition coefficient (Wildman–Crippen LogP) is -1.70. The fourth-order valence-corrected chi connectivity index (χ4v) is 1.93. The van der Waals surface area contributed by atoms with Crippen LogP contribution in [0.4, 0.5) is 17.6 Å². The summed E-state index contributed by atoms with van der Waals surface area (Å²) in [5.41, 5.74) is -1.05. The molecule has 23 heavy (non-hydrogen) atoms. The van der Waals surface area contributed by atoms with Gasteiger partial charge >= 0.3 is 35.7 Å². The summed E-state index contributed by atoms with van der Waals surface area (Å²) in [6.07, 6.45) is -3.83. The average Bonchev–Trinajstić information content (AvgIpc) is 2.80. The number of aliphatic hydroxyl groups excluding tert-OH is 1. The molecule has 0 unspecified atom stereocenters. The number of benzene rings is 1.